The fourth-order valence-electron chi connectivity index (χ4n) is 15.1. The van der Waals surface area contributed by atoms with Gasteiger partial charge < -0.3 is 108 Å². The molecule has 13 amide bonds. The number of hydrogen-bond acceptors (Lipinski definition) is 27. The number of rotatable bonds is 47. The number of aliphatic hydroxyl groups is 1. The fraction of sp³-hybridized carbons (Fsp3) is 0.667. The van der Waals surface area contributed by atoms with Crippen molar-refractivity contribution < 1.29 is 121 Å². The van der Waals surface area contributed by atoms with Crippen molar-refractivity contribution >= 4 is 124 Å². The minimum Gasteiger partial charge on any atom is -0.481 e. The van der Waals surface area contributed by atoms with E-state index in [1.165, 1.54) is 40.2 Å². The van der Waals surface area contributed by atoms with Gasteiger partial charge in [0.25, 0.3) is 0 Å². The van der Waals surface area contributed by atoms with Crippen LogP contribution in [0.5, 0.6) is 0 Å². The van der Waals surface area contributed by atoms with E-state index < -0.39 is 151 Å². The summed E-state index contributed by atoms with van der Waals surface area (Å²) in [6, 6.07) is 4.48. The first-order valence-corrected chi connectivity index (χ1v) is 47.4. The maximum absolute atomic E-state index is 14.9. The summed E-state index contributed by atoms with van der Waals surface area (Å²) < 4.78 is 16.9. The van der Waals surface area contributed by atoms with Crippen LogP contribution in [0.15, 0.2) is 54.6 Å². The maximum atomic E-state index is 14.9. The molecule has 4 heterocycles. The molecular formula is C87H135N17O25S2. The Hall–Kier alpha value is -10.2. The second-order valence-electron chi connectivity index (χ2n) is 32.8. The van der Waals surface area contributed by atoms with Gasteiger partial charge >= 0.3 is 23.9 Å². The highest BCUT2D eigenvalue weighted by atomic mass is 32.2. The molecule has 2 aromatic carbocycles. The molecule has 6 rings (SSSR count). The first kappa shape index (κ1) is 110. The molecule has 17 N–H and O–H groups in total. The summed E-state index contributed by atoms with van der Waals surface area (Å²) in [5, 5.41) is 76.5. The number of carboxylic acid groups (broad SMARTS) is 4. The number of thioether (sulfide) groups is 2. The molecule has 2 aromatic rings. The van der Waals surface area contributed by atoms with Crippen LogP contribution in [0.3, 0.4) is 0 Å². The number of nitrogens with two attached hydrogens (primary N) is 1. The second-order valence-corrected chi connectivity index (χ2v) is 34.9. The predicted molar refractivity (Wildman–Crippen MR) is 482 cm³/mol. The lowest BCUT2D eigenvalue weighted by Crippen LogP contribution is -2.62. The number of aliphatic hydroxyl groups excluding tert-OH is 1. The number of nitrogens with one attached hydrogen (secondary N) is 10. The third-order valence-electron chi connectivity index (χ3n) is 22.1. The molecule has 131 heavy (non-hydrogen) atoms. The summed E-state index contributed by atoms with van der Waals surface area (Å²) in [6.07, 6.45) is 2.68. The molecule has 9 atom stereocenters. The van der Waals surface area contributed by atoms with E-state index >= 15 is 0 Å². The lowest BCUT2D eigenvalue weighted by atomic mass is 10.0. The summed E-state index contributed by atoms with van der Waals surface area (Å²) in [5.74, 6) is -12.8. The molecule has 2 bridgehead atoms. The van der Waals surface area contributed by atoms with Gasteiger partial charge in [-0.3, -0.25) is 101 Å². The Bertz CT molecular complexity index is 4000. The standard InChI is InChI=1S/C87H135N17O25S2/c1-3-4-7-23-73(109)93-67-58-131-56-62-20-12-19-61(48-62)55-130-57-66(97-82(121)64(49-60-17-8-5-9-18-60)95-81(120)63(24-25-70(88)106)94-85(124)79(59(2)105)98-84(123)68-21-13-32-103(68)87(126)69-22-14-33-104(69)86(67)125)83(122)96-65(50-75(111)112)80(119)92-31-16-43-128-45-47-129-46-44-127-42-15-30-90-72(108)27-26-71(107)89-28-10-6-11-29-91-74(110)51-99-34-36-100(52-76(113)114)38-40-102(54-78(117)118)41-39-101(37-35-99)53-77(115)116/h5,8-9,12,17-20,48,59,63-69,79,105H,3-4,6-7,10-11,13-16,21-47,49-58H2,1-2H3,(H2,88,106)(H,89,107)(H,90,108)(H,91,110)(H,92,119)(H,93,109)(H,94,124)(H,95,120)(H,96,122)(H,97,121)(H,98,123)(H,111,112)(H,113,114)(H,115,116)(H,117,118)/t59-,63+,64+,65+,66+,67+,68+,69+,79+/m1/s1. The number of carbonyl (C=O) groups excluding carboxylic acids is 13. The van der Waals surface area contributed by atoms with E-state index in [9.17, 15) is 107 Å². The van der Waals surface area contributed by atoms with Crippen LogP contribution in [0.2, 0.25) is 0 Å². The van der Waals surface area contributed by atoms with Gasteiger partial charge in [-0.25, -0.2) is 0 Å². The molecule has 0 radical (unpaired) electrons. The van der Waals surface area contributed by atoms with Crippen LogP contribution in [0, 0.1) is 0 Å². The Labute approximate surface area is 772 Å². The van der Waals surface area contributed by atoms with Crippen LogP contribution in [0.1, 0.15) is 146 Å². The van der Waals surface area contributed by atoms with Crippen LogP contribution < -0.4 is 58.9 Å². The van der Waals surface area contributed by atoms with Crippen LogP contribution in [0.25, 0.3) is 0 Å². The van der Waals surface area contributed by atoms with Gasteiger partial charge in [-0.15, -0.1) is 0 Å². The Kier molecular flexibility index (Phi) is 51.4. The second kappa shape index (κ2) is 61.5. The molecule has 0 aromatic heterocycles. The van der Waals surface area contributed by atoms with Crippen molar-refractivity contribution in [3.63, 3.8) is 0 Å². The summed E-state index contributed by atoms with van der Waals surface area (Å²) in [4.78, 5) is 237. The van der Waals surface area contributed by atoms with Gasteiger partial charge in [-0.1, -0.05) is 74.4 Å². The molecule has 44 heteroatoms. The van der Waals surface area contributed by atoms with Crippen molar-refractivity contribution in [3.05, 3.63) is 71.3 Å². The van der Waals surface area contributed by atoms with Crippen LogP contribution >= 0.6 is 23.5 Å². The topological polar surface area (TPSA) is 585 Å². The van der Waals surface area contributed by atoms with Crippen LogP contribution in [-0.2, 0) is 114 Å². The Morgan fingerprint density at radius 1 is 0.489 bits per heavy atom. The molecule has 3 fully saturated rings. The summed E-state index contributed by atoms with van der Waals surface area (Å²) >= 11 is 2.57. The number of hydrogen-bond donors (Lipinski definition) is 16. The van der Waals surface area contributed by atoms with Crippen LogP contribution in [0.4, 0.5) is 0 Å². The van der Waals surface area contributed by atoms with E-state index in [1.807, 2.05) is 36.1 Å². The van der Waals surface area contributed by atoms with Crippen molar-refractivity contribution in [1.82, 2.24) is 82.6 Å². The Morgan fingerprint density at radius 3 is 1.52 bits per heavy atom. The normalized spacial score (nSPS) is 20.8. The highest BCUT2D eigenvalue weighted by Gasteiger charge is 2.45. The summed E-state index contributed by atoms with van der Waals surface area (Å²) in [5.41, 5.74) is 7.67. The minimum atomic E-state index is -1.76. The molecule has 3 saturated heterocycles. The average Bonchev–Trinajstić information content (AvgIpc) is 1.66. The number of carboxylic acids is 4. The zero-order valence-electron chi connectivity index (χ0n) is 75.1. The zero-order valence-corrected chi connectivity index (χ0v) is 76.7. The Morgan fingerprint density at radius 2 is 0.985 bits per heavy atom. The van der Waals surface area contributed by atoms with Gasteiger partial charge in [0.15, 0.2) is 0 Å². The SMILES string of the molecule is CCCCCC(=O)N[C@H]1CSCc2cccc(c2)CSC[C@@H](C(=O)N[C@@H](CC(=O)O)C(=O)NCCCOCCOCCOCCCNC(=O)CCC(=O)NCCCCCNC(=O)CN2CCN(CC(=O)O)CCN(CC(=O)O)CCN(CC(=O)O)CC2)NC(=O)[C@H](Cc2ccccc2)NC(=O)[C@H](CCC(N)=O)NC(=O)[C@H]([C@@H](C)O)NC(=O)[C@@H]2CCCN2C(=O)[C@@H]2CCCN2C1=O. The first-order chi connectivity index (χ1) is 62.9. The number of carbonyl (C=O) groups is 17. The Balaban J connectivity index is 0.955. The number of unbranched alkanes of at least 4 members (excludes halogenated alkanes) is 4. The molecule has 0 unspecified atom stereocenters. The van der Waals surface area contributed by atoms with Crippen molar-refractivity contribution in [2.45, 2.75) is 202 Å². The number of benzene rings is 2. The highest BCUT2D eigenvalue weighted by molar-refractivity contribution is 7.98. The molecule has 42 nitrogen and oxygen atoms in total. The number of aliphatic carboxylic acids is 4. The van der Waals surface area contributed by atoms with Crippen molar-refractivity contribution in [3.8, 4) is 0 Å². The lowest BCUT2D eigenvalue weighted by Gasteiger charge is -2.33. The number of primary amides is 1. The van der Waals surface area contributed by atoms with Gasteiger partial charge in [0.1, 0.15) is 48.3 Å². The molecule has 4 aliphatic heterocycles. The van der Waals surface area contributed by atoms with Gasteiger partial charge in [0.05, 0.1) is 65.1 Å². The van der Waals surface area contributed by atoms with Crippen LogP contribution in [-0.4, -0.2) is 379 Å². The third kappa shape index (κ3) is 43.8. The maximum Gasteiger partial charge on any atom is 0.317 e. The number of amides is 13. The minimum absolute atomic E-state index is 0.00706. The molecule has 730 valence electrons. The van der Waals surface area contributed by atoms with Crippen molar-refractivity contribution in [2.75, 3.05) is 169 Å². The van der Waals surface area contributed by atoms with E-state index in [2.05, 4.69) is 53.2 Å². The zero-order chi connectivity index (χ0) is 95.4. The lowest BCUT2D eigenvalue weighted by molar-refractivity contribution is -0.148. The van der Waals surface area contributed by atoms with Gasteiger partial charge in [0.2, 0.25) is 76.8 Å². The quantitative estimate of drug-likeness (QED) is 0.0311. The number of fused-ring (bicyclic) bond motifs is 4. The molecule has 0 aliphatic carbocycles. The smallest absolute Gasteiger partial charge is 0.317 e. The van der Waals surface area contributed by atoms with E-state index in [0.29, 0.717) is 95.6 Å². The fourth-order valence-corrected chi connectivity index (χ4v) is 17.1. The van der Waals surface area contributed by atoms with E-state index in [0.717, 1.165) is 24.0 Å². The predicted octanol–water partition coefficient (Wildman–Crippen LogP) is -2.28. The average molecular weight is 1880 g/mol. The molecule has 0 spiro atoms. The van der Waals surface area contributed by atoms with Gasteiger partial charge in [-0.05, 0) is 94.2 Å². The van der Waals surface area contributed by atoms with Crippen molar-refractivity contribution in [2.24, 2.45) is 5.73 Å². The van der Waals surface area contributed by atoms with E-state index in [4.69, 9.17) is 19.9 Å². The van der Waals surface area contributed by atoms with E-state index in [-0.39, 0.29) is 204 Å². The third-order valence-corrected chi connectivity index (χ3v) is 24.3. The number of ether oxygens (including phenoxy) is 3. The highest BCUT2D eigenvalue weighted by Crippen LogP contribution is 2.28. The monoisotopic (exact) mass is 1880 g/mol. The molecule has 4 aliphatic rings. The van der Waals surface area contributed by atoms with Gasteiger partial charge in [-0.2, -0.15) is 23.5 Å². The number of nitrogens with zero attached hydrogens (tertiary/aromatic N) is 6. The largest absolute Gasteiger partial charge is 0.481 e. The molecule has 0 saturated carbocycles. The van der Waals surface area contributed by atoms with Crippen molar-refractivity contribution in [1.29, 1.82) is 0 Å². The summed E-state index contributed by atoms with van der Waals surface area (Å²) in [6.45, 7) is 7.25. The molecular weight excluding hydrogens is 1750 g/mol. The first-order valence-electron chi connectivity index (χ1n) is 45.1. The van der Waals surface area contributed by atoms with Gasteiger partial charge in [0, 0.05) is 160 Å². The van der Waals surface area contributed by atoms with E-state index in [1.54, 1.807) is 45.0 Å². The summed E-state index contributed by atoms with van der Waals surface area (Å²) in [7, 11) is 0.